The topological polar surface area (TPSA) is 33.3 Å². The van der Waals surface area contributed by atoms with Crippen molar-refractivity contribution < 1.29 is 4.74 Å². The number of piperidine rings is 1. The van der Waals surface area contributed by atoms with E-state index in [0.717, 1.165) is 12.6 Å². The van der Waals surface area contributed by atoms with Gasteiger partial charge in [-0.2, -0.15) is 0 Å². The molecule has 0 aromatic rings. The second-order valence-electron chi connectivity index (χ2n) is 6.05. The van der Waals surface area contributed by atoms with Crippen molar-refractivity contribution in [2.45, 2.75) is 57.5 Å². The van der Waals surface area contributed by atoms with E-state index >= 15 is 0 Å². The van der Waals surface area contributed by atoms with Gasteiger partial charge in [-0.15, -0.1) is 0 Å². The molecule has 3 heteroatoms. The molecule has 1 heterocycles. The van der Waals surface area contributed by atoms with Gasteiger partial charge in [0.2, 0.25) is 0 Å². The molecule has 0 bridgehead atoms. The molecule has 1 aliphatic carbocycles. The molecular weight excluding hydrogens is 212 g/mol. The Kier molecular flexibility index (Phi) is 4.83. The normalized spacial score (nSPS) is 27.2. The number of hydrogen-bond donors (Lipinski definition) is 2. The van der Waals surface area contributed by atoms with Crippen LogP contribution in [0.3, 0.4) is 0 Å². The Morgan fingerprint density at radius 1 is 1.24 bits per heavy atom. The lowest BCUT2D eigenvalue weighted by Crippen LogP contribution is -2.46. The van der Waals surface area contributed by atoms with Gasteiger partial charge >= 0.3 is 0 Å². The van der Waals surface area contributed by atoms with Crippen LogP contribution >= 0.6 is 0 Å². The Morgan fingerprint density at radius 2 is 1.88 bits per heavy atom. The van der Waals surface area contributed by atoms with Crippen LogP contribution in [0, 0.1) is 5.41 Å². The fourth-order valence-corrected chi connectivity index (χ4v) is 3.55. The fraction of sp³-hybridized carbons (Fsp3) is 1.00. The Bertz CT molecular complexity index is 216. The van der Waals surface area contributed by atoms with Crippen molar-refractivity contribution in [1.82, 2.24) is 10.6 Å². The van der Waals surface area contributed by atoms with E-state index in [1.54, 1.807) is 7.11 Å². The summed E-state index contributed by atoms with van der Waals surface area (Å²) in [6.45, 7) is 5.51. The van der Waals surface area contributed by atoms with E-state index in [1.807, 2.05) is 0 Å². The largest absolute Gasteiger partial charge is 0.383 e. The second kappa shape index (κ2) is 6.17. The lowest BCUT2D eigenvalue weighted by atomic mass is 9.67. The number of rotatable bonds is 4. The standard InChI is InChI=1S/C14H28N2O/c1-12(11-17-2)16-13-3-5-14(6-4-13)7-9-15-10-8-14/h12-13,15-16H,3-11H2,1-2H3. The average Bonchev–Trinajstić information content (AvgIpc) is 2.34. The van der Waals surface area contributed by atoms with Crippen LogP contribution in [0.25, 0.3) is 0 Å². The molecule has 17 heavy (non-hydrogen) atoms. The van der Waals surface area contributed by atoms with Gasteiger partial charge in [0.05, 0.1) is 6.61 Å². The summed E-state index contributed by atoms with van der Waals surface area (Å²) in [5, 5.41) is 7.19. The molecule has 2 rings (SSSR count). The predicted octanol–water partition coefficient (Wildman–Crippen LogP) is 1.92. The monoisotopic (exact) mass is 240 g/mol. The summed E-state index contributed by atoms with van der Waals surface area (Å²) in [4.78, 5) is 0. The minimum Gasteiger partial charge on any atom is -0.383 e. The maximum absolute atomic E-state index is 5.18. The van der Waals surface area contributed by atoms with Crippen molar-refractivity contribution in [1.29, 1.82) is 0 Å². The molecule has 3 nitrogen and oxygen atoms in total. The first-order valence-electron chi connectivity index (χ1n) is 7.20. The molecule has 1 atom stereocenters. The van der Waals surface area contributed by atoms with Crippen molar-refractivity contribution in [3.05, 3.63) is 0 Å². The Hall–Kier alpha value is -0.120. The number of ether oxygens (including phenoxy) is 1. The zero-order valence-electron chi connectivity index (χ0n) is 11.4. The van der Waals surface area contributed by atoms with Crippen molar-refractivity contribution in [3.8, 4) is 0 Å². The molecular formula is C14H28N2O. The molecule has 100 valence electrons. The van der Waals surface area contributed by atoms with Crippen molar-refractivity contribution in [2.75, 3.05) is 26.8 Å². The molecule has 0 amide bonds. The highest BCUT2D eigenvalue weighted by Gasteiger charge is 2.36. The Balaban J connectivity index is 1.73. The van der Waals surface area contributed by atoms with E-state index in [-0.39, 0.29) is 0 Å². The van der Waals surface area contributed by atoms with Crippen LogP contribution in [-0.2, 0) is 4.74 Å². The summed E-state index contributed by atoms with van der Waals surface area (Å²) in [5.41, 5.74) is 0.688. The van der Waals surface area contributed by atoms with Crippen LogP contribution in [0.1, 0.15) is 45.4 Å². The highest BCUT2D eigenvalue weighted by molar-refractivity contribution is 4.91. The first-order chi connectivity index (χ1) is 8.24. The Morgan fingerprint density at radius 3 is 2.47 bits per heavy atom. The molecule has 0 radical (unpaired) electrons. The van der Waals surface area contributed by atoms with E-state index in [9.17, 15) is 0 Å². The van der Waals surface area contributed by atoms with Gasteiger partial charge in [0, 0.05) is 19.2 Å². The van der Waals surface area contributed by atoms with Crippen molar-refractivity contribution in [2.24, 2.45) is 5.41 Å². The summed E-state index contributed by atoms with van der Waals surface area (Å²) < 4.78 is 5.18. The molecule has 1 unspecified atom stereocenters. The van der Waals surface area contributed by atoms with Gasteiger partial charge in [-0.25, -0.2) is 0 Å². The van der Waals surface area contributed by atoms with Gasteiger partial charge in [-0.3, -0.25) is 0 Å². The molecule has 2 aliphatic rings. The van der Waals surface area contributed by atoms with E-state index in [1.165, 1.54) is 51.6 Å². The molecule has 1 aliphatic heterocycles. The first kappa shape index (κ1) is 13.3. The SMILES string of the molecule is COCC(C)NC1CCC2(CCNCC2)CC1. The van der Waals surface area contributed by atoms with Gasteiger partial charge in [0.1, 0.15) is 0 Å². The van der Waals surface area contributed by atoms with Crippen LogP contribution < -0.4 is 10.6 Å². The van der Waals surface area contributed by atoms with Gasteiger partial charge in [-0.1, -0.05) is 0 Å². The maximum Gasteiger partial charge on any atom is 0.0613 e. The van der Waals surface area contributed by atoms with E-state index in [4.69, 9.17) is 4.74 Å². The minimum absolute atomic E-state index is 0.493. The van der Waals surface area contributed by atoms with E-state index in [0.29, 0.717) is 11.5 Å². The molecule has 1 spiro atoms. The van der Waals surface area contributed by atoms with Crippen LogP contribution in [0.4, 0.5) is 0 Å². The highest BCUT2D eigenvalue weighted by atomic mass is 16.5. The lowest BCUT2D eigenvalue weighted by Gasteiger charge is -2.43. The average molecular weight is 240 g/mol. The molecule has 1 saturated heterocycles. The zero-order valence-corrected chi connectivity index (χ0v) is 11.4. The highest BCUT2D eigenvalue weighted by Crippen LogP contribution is 2.43. The predicted molar refractivity (Wildman–Crippen MR) is 71.3 cm³/mol. The summed E-state index contributed by atoms with van der Waals surface area (Å²) in [6.07, 6.45) is 8.35. The third kappa shape index (κ3) is 3.67. The molecule has 0 aromatic carbocycles. The van der Waals surface area contributed by atoms with Crippen LogP contribution in [0.2, 0.25) is 0 Å². The Labute approximate surface area is 106 Å². The lowest BCUT2D eigenvalue weighted by molar-refractivity contribution is 0.104. The van der Waals surface area contributed by atoms with Crippen molar-refractivity contribution in [3.63, 3.8) is 0 Å². The molecule has 0 aromatic heterocycles. The van der Waals surface area contributed by atoms with E-state index in [2.05, 4.69) is 17.6 Å². The first-order valence-corrected chi connectivity index (χ1v) is 7.20. The maximum atomic E-state index is 5.18. The molecule has 2 fully saturated rings. The zero-order chi connectivity index (χ0) is 12.1. The van der Waals surface area contributed by atoms with Gasteiger partial charge in [-0.05, 0) is 64.0 Å². The minimum atomic E-state index is 0.493. The fourth-order valence-electron chi connectivity index (χ4n) is 3.55. The van der Waals surface area contributed by atoms with E-state index < -0.39 is 0 Å². The number of hydrogen-bond acceptors (Lipinski definition) is 3. The third-order valence-electron chi connectivity index (χ3n) is 4.65. The van der Waals surface area contributed by atoms with Crippen molar-refractivity contribution >= 4 is 0 Å². The van der Waals surface area contributed by atoms with Crippen LogP contribution in [-0.4, -0.2) is 38.9 Å². The number of methoxy groups -OCH3 is 1. The van der Waals surface area contributed by atoms with Gasteiger partial charge in [0.15, 0.2) is 0 Å². The quantitative estimate of drug-likeness (QED) is 0.788. The van der Waals surface area contributed by atoms with Crippen LogP contribution in [0.5, 0.6) is 0 Å². The van der Waals surface area contributed by atoms with Crippen LogP contribution in [0.15, 0.2) is 0 Å². The summed E-state index contributed by atoms with van der Waals surface area (Å²) in [7, 11) is 1.78. The summed E-state index contributed by atoms with van der Waals surface area (Å²) >= 11 is 0. The smallest absolute Gasteiger partial charge is 0.0613 e. The summed E-state index contributed by atoms with van der Waals surface area (Å²) in [6, 6.07) is 1.22. The van der Waals surface area contributed by atoms with Gasteiger partial charge in [0.25, 0.3) is 0 Å². The second-order valence-corrected chi connectivity index (χ2v) is 6.05. The van der Waals surface area contributed by atoms with Gasteiger partial charge < -0.3 is 15.4 Å². The molecule has 2 N–H and O–H groups in total. The molecule has 1 saturated carbocycles. The summed E-state index contributed by atoms with van der Waals surface area (Å²) in [5.74, 6) is 0. The third-order valence-corrected chi connectivity index (χ3v) is 4.65. The number of nitrogens with one attached hydrogen (secondary N) is 2.